The number of pyridine rings is 2. The van der Waals surface area contributed by atoms with Crippen LogP contribution in [0.3, 0.4) is 0 Å². The second-order valence-corrected chi connectivity index (χ2v) is 4.82. The van der Waals surface area contributed by atoms with Crippen LogP contribution in [0.1, 0.15) is 5.56 Å². The first-order valence-corrected chi connectivity index (χ1v) is 6.60. The van der Waals surface area contributed by atoms with Crippen LogP contribution in [0.4, 0.5) is 0 Å². The number of hydrogen-bond acceptors (Lipinski definition) is 5. The number of halogens is 1. The lowest BCUT2D eigenvalue weighted by atomic mass is 10.1. The zero-order valence-electron chi connectivity index (χ0n) is 11.3. The maximum atomic E-state index is 6.00. The number of ether oxygens (including phenoxy) is 1. The minimum absolute atomic E-state index is 0.529. The molecule has 0 aliphatic rings. The van der Waals surface area contributed by atoms with E-state index in [-0.39, 0.29) is 0 Å². The summed E-state index contributed by atoms with van der Waals surface area (Å²) in [7, 11) is 1.58. The van der Waals surface area contributed by atoms with E-state index >= 15 is 0 Å². The average molecular weight is 302 g/mol. The largest absolute Gasteiger partial charge is 0.481 e. The second-order valence-electron chi connectivity index (χ2n) is 4.39. The summed E-state index contributed by atoms with van der Waals surface area (Å²) in [4.78, 5) is 12.4. The zero-order valence-corrected chi connectivity index (χ0v) is 12.0. The Morgan fingerprint density at radius 1 is 1.19 bits per heavy atom. The summed E-state index contributed by atoms with van der Waals surface area (Å²) in [5.41, 5.74) is 2.67. The van der Waals surface area contributed by atoms with Gasteiger partial charge in [0.2, 0.25) is 5.88 Å². The molecule has 0 atom stereocenters. The maximum Gasteiger partial charge on any atom is 0.221 e. The standard InChI is InChI=1S/C14H12ClN5O/c1-21-14-13(11-3-12(15)6-16-5-11)2-10(4-18-14)7-20-9-17-8-19-20/h2-6,8-9H,7H2,1H3. The van der Waals surface area contributed by atoms with Crippen molar-refractivity contribution in [2.24, 2.45) is 0 Å². The van der Waals surface area contributed by atoms with Crippen LogP contribution in [0, 0.1) is 0 Å². The van der Waals surface area contributed by atoms with E-state index in [9.17, 15) is 0 Å². The van der Waals surface area contributed by atoms with Gasteiger partial charge in [0.1, 0.15) is 12.7 Å². The van der Waals surface area contributed by atoms with Gasteiger partial charge in [0.25, 0.3) is 0 Å². The third-order valence-electron chi connectivity index (χ3n) is 2.93. The SMILES string of the molecule is COc1ncc(Cn2cncn2)cc1-c1cncc(Cl)c1. The van der Waals surface area contributed by atoms with Crippen molar-refractivity contribution in [1.29, 1.82) is 0 Å². The number of hydrogen-bond donors (Lipinski definition) is 0. The van der Waals surface area contributed by atoms with E-state index in [1.54, 1.807) is 36.7 Å². The maximum absolute atomic E-state index is 6.00. The molecule has 0 amide bonds. The highest BCUT2D eigenvalue weighted by atomic mass is 35.5. The lowest BCUT2D eigenvalue weighted by molar-refractivity contribution is 0.399. The number of methoxy groups -OCH3 is 1. The molecule has 0 aliphatic carbocycles. The van der Waals surface area contributed by atoms with Gasteiger partial charge in [-0.15, -0.1) is 0 Å². The third kappa shape index (κ3) is 3.00. The van der Waals surface area contributed by atoms with E-state index in [1.807, 2.05) is 12.1 Å². The highest BCUT2D eigenvalue weighted by Gasteiger charge is 2.10. The van der Waals surface area contributed by atoms with Gasteiger partial charge in [-0.25, -0.2) is 14.6 Å². The third-order valence-corrected chi connectivity index (χ3v) is 3.13. The first kappa shape index (κ1) is 13.5. The van der Waals surface area contributed by atoms with Gasteiger partial charge in [-0.3, -0.25) is 4.98 Å². The topological polar surface area (TPSA) is 65.7 Å². The van der Waals surface area contributed by atoms with Gasteiger partial charge in [0.15, 0.2) is 0 Å². The Morgan fingerprint density at radius 3 is 2.81 bits per heavy atom. The number of rotatable bonds is 4. The lowest BCUT2D eigenvalue weighted by Crippen LogP contribution is -2.02. The van der Waals surface area contributed by atoms with Gasteiger partial charge in [-0.1, -0.05) is 11.6 Å². The van der Waals surface area contributed by atoms with Crippen LogP contribution in [0.5, 0.6) is 5.88 Å². The lowest BCUT2D eigenvalue weighted by Gasteiger charge is -2.10. The Balaban J connectivity index is 2.01. The zero-order chi connectivity index (χ0) is 14.7. The van der Waals surface area contributed by atoms with Gasteiger partial charge >= 0.3 is 0 Å². The van der Waals surface area contributed by atoms with Crippen molar-refractivity contribution in [3.63, 3.8) is 0 Å². The molecule has 0 N–H and O–H groups in total. The molecule has 0 spiro atoms. The molecule has 0 fully saturated rings. The fourth-order valence-electron chi connectivity index (χ4n) is 2.01. The van der Waals surface area contributed by atoms with Crippen molar-refractivity contribution < 1.29 is 4.74 Å². The van der Waals surface area contributed by atoms with Crippen molar-refractivity contribution in [3.8, 4) is 17.0 Å². The van der Waals surface area contributed by atoms with Gasteiger partial charge in [0, 0.05) is 29.7 Å². The molecule has 3 aromatic rings. The molecule has 3 rings (SSSR count). The molecule has 3 aromatic heterocycles. The second kappa shape index (κ2) is 5.88. The normalized spacial score (nSPS) is 10.6. The van der Waals surface area contributed by atoms with E-state index < -0.39 is 0 Å². The smallest absolute Gasteiger partial charge is 0.221 e. The molecular weight excluding hydrogens is 290 g/mol. The minimum atomic E-state index is 0.529. The molecule has 0 radical (unpaired) electrons. The van der Waals surface area contributed by atoms with Crippen LogP contribution in [0.15, 0.2) is 43.4 Å². The Hall–Kier alpha value is -2.47. The summed E-state index contributed by atoms with van der Waals surface area (Å²) >= 11 is 6.00. The van der Waals surface area contributed by atoms with E-state index in [0.717, 1.165) is 16.7 Å². The van der Waals surface area contributed by atoms with Crippen LogP contribution in [0.2, 0.25) is 5.02 Å². The Labute approximate surface area is 126 Å². The molecule has 21 heavy (non-hydrogen) atoms. The monoisotopic (exact) mass is 301 g/mol. The molecule has 6 nitrogen and oxygen atoms in total. The fraction of sp³-hybridized carbons (Fsp3) is 0.143. The Morgan fingerprint density at radius 2 is 2.10 bits per heavy atom. The van der Waals surface area contributed by atoms with Crippen molar-refractivity contribution in [2.75, 3.05) is 7.11 Å². The van der Waals surface area contributed by atoms with Gasteiger partial charge in [-0.05, 0) is 17.7 Å². The van der Waals surface area contributed by atoms with Crippen LogP contribution in [-0.4, -0.2) is 31.8 Å². The van der Waals surface area contributed by atoms with Crippen LogP contribution >= 0.6 is 11.6 Å². The van der Waals surface area contributed by atoms with Crippen molar-refractivity contribution in [1.82, 2.24) is 24.7 Å². The quantitative estimate of drug-likeness (QED) is 0.740. The molecule has 0 saturated carbocycles. The number of aromatic nitrogens is 5. The summed E-state index contributed by atoms with van der Waals surface area (Å²) in [6.45, 7) is 0.581. The van der Waals surface area contributed by atoms with Gasteiger partial charge in [-0.2, -0.15) is 5.10 Å². The van der Waals surface area contributed by atoms with E-state index in [1.165, 1.54) is 6.33 Å². The first-order valence-electron chi connectivity index (χ1n) is 6.22. The van der Waals surface area contributed by atoms with Crippen molar-refractivity contribution >= 4 is 11.6 Å². The summed E-state index contributed by atoms with van der Waals surface area (Å²) in [6.07, 6.45) is 8.22. The predicted octanol–water partition coefficient (Wildman–Crippen LogP) is 2.45. The molecule has 3 heterocycles. The van der Waals surface area contributed by atoms with E-state index in [0.29, 0.717) is 17.4 Å². The summed E-state index contributed by atoms with van der Waals surface area (Å²) < 4.78 is 7.04. The summed E-state index contributed by atoms with van der Waals surface area (Å²) in [5.74, 6) is 0.529. The summed E-state index contributed by atoms with van der Waals surface area (Å²) in [6, 6.07) is 3.81. The van der Waals surface area contributed by atoms with Gasteiger partial charge in [0.05, 0.1) is 18.7 Å². The highest BCUT2D eigenvalue weighted by molar-refractivity contribution is 6.30. The van der Waals surface area contributed by atoms with Crippen LogP contribution in [0.25, 0.3) is 11.1 Å². The molecule has 0 saturated heterocycles. The molecule has 106 valence electrons. The molecular formula is C14H12ClN5O. The summed E-state index contributed by atoms with van der Waals surface area (Å²) in [5, 5.41) is 4.65. The van der Waals surface area contributed by atoms with Crippen LogP contribution in [-0.2, 0) is 6.54 Å². The van der Waals surface area contributed by atoms with Crippen LogP contribution < -0.4 is 4.74 Å². The fourth-order valence-corrected chi connectivity index (χ4v) is 2.19. The predicted molar refractivity (Wildman–Crippen MR) is 78.2 cm³/mol. The highest BCUT2D eigenvalue weighted by Crippen LogP contribution is 2.29. The number of nitrogens with zero attached hydrogens (tertiary/aromatic N) is 5. The molecule has 7 heteroatoms. The van der Waals surface area contributed by atoms with Crippen molar-refractivity contribution in [2.45, 2.75) is 6.54 Å². The molecule has 0 aliphatic heterocycles. The minimum Gasteiger partial charge on any atom is -0.481 e. The first-order chi connectivity index (χ1) is 10.3. The van der Waals surface area contributed by atoms with E-state index in [4.69, 9.17) is 16.3 Å². The van der Waals surface area contributed by atoms with E-state index in [2.05, 4.69) is 20.1 Å². The molecule has 0 bridgehead atoms. The molecule has 0 aromatic carbocycles. The average Bonchev–Trinajstić information content (AvgIpc) is 3.00. The van der Waals surface area contributed by atoms with Gasteiger partial charge < -0.3 is 4.74 Å². The van der Waals surface area contributed by atoms with Crippen molar-refractivity contribution in [3.05, 3.63) is 54.0 Å². The molecule has 0 unspecified atom stereocenters. The Bertz CT molecular complexity index is 745. The Kier molecular flexibility index (Phi) is 3.79.